The van der Waals surface area contributed by atoms with Crippen molar-refractivity contribution in [2.45, 2.75) is 96.8 Å². The number of phenolic OH excluding ortho intramolecular Hbond substituents is 1. The molecule has 30 heavy (non-hydrogen) atoms. The van der Waals surface area contributed by atoms with Crippen LogP contribution >= 0.6 is 0 Å². The molecule has 0 atom stereocenters. The first-order valence-corrected chi connectivity index (χ1v) is 11.7. The summed E-state index contributed by atoms with van der Waals surface area (Å²) in [6.45, 7) is 3.31. The summed E-state index contributed by atoms with van der Waals surface area (Å²) in [5, 5.41) is 9.37. The van der Waals surface area contributed by atoms with Crippen molar-refractivity contribution in [3.05, 3.63) is 23.8 Å². The number of aromatic hydroxyl groups is 1. The van der Waals surface area contributed by atoms with Gasteiger partial charge in [-0.25, -0.2) is 0 Å². The van der Waals surface area contributed by atoms with Gasteiger partial charge in [0.05, 0.1) is 18.8 Å². The van der Waals surface area contributed by atoms with Crippen molar-refractivity contribution >= 4 is 12.3 Å². The molecule has 0 saturated heterocycles. The van der Waals surface area contributed by atoms with Crippen molar-refractivity contribution < 1.29 is 24.2 Å². The number of esters is 1. The van der Waals surface area contributed by atoms with Gasteiger partial charge in [0.25, 0.3) is 0 Å². The lowest BCUT2D eigenvalue weighted by Gasteiger charge is -2.08. The van der Waals surface area contributed by atoms with Gasteiger partial charge in [-0.3, -0.25) is 9.59 Å². The molecule has 0 fully saturated rings. The van der Waals surface area contributed by atoms with E-state index in [9.17, 15) is 14.7 Å². The molecule has 1 aromatic carbocycles. The van der Waals surface area contributed by atoms with Crippen LogP contribution in [0.5, 0.6) is 11.5 Å². The molecule has 0 aliphatic carbocycles. The van der Waals surface area contributed by atoms with Crippen molar-refractivity contribution in [3.63, 3.8) is 0 Å². The van der Waals surface area contributed by atoms with Crippen LogP contribution in [-0.2, 0) is 9.53 Å². The van der Waals surface area contributed by atoms with E-state index in [2.05, 4.69) is 6.92 Å². The summed E-state index contributed by atoms with van der Waals surface area (Å²) >= 11 is 0. The molecule has 1 aromatic rings. The molecule has 0 aliphatic heterocycles. The topological polar surface area (TPSA) is 72.8 Å². The molecule has 0 saturated carbocycles. The molecule has 0 bridgehead atoms. The van der Waals surface area contributed by atoms with Gasteiger partial charge in [0, 0.05) is 6.42 Å². The second kappa shape index (κ2) is 17.8. The van der Waals surface area contributed by atoms with E-state index in [1.807, 2.05) is 0 Å². The van der Waals surface area contributed by atoms with E-state index in [4.69, 9.17) is 9.47 Å². The Kier molecular flexibility index (Phi) is 15.4. The maximum atomic E-state index is 11.7. The first kappa shape index (κ1) is 26.0. The van der Waals surface area contributed by atoms with Crippen LogP contribution in [0.15, 0.2) is 18.2 Å². The van der Waals surface area contributed by atoms with Crippen molar-refractivity contribution in [2.75, 3.05) is 13.2 Å². The predicted molar refractivity (Wildman–Crippen MR) is 120 cm³/mol. The zero-order chi connectivity index (χ0) is 21.9. The molecule has 0 amide bonds. The van der Waals surface area contributed by atoms with Crippen molar-refractivity contribution in [2.24, 2.45) is 0 Å². The number of hydrogen-bond donors (Lipinski definition) is 1. The van der Waals surface area contributed by atoms with E-state index in [0.29, 0.717) is 37.2 Å². The number of benzene rings is 1. The Balaban J connectivity index is 1.88. The standard InChI is InChI=1S/C25H40O5/c1-2-3-4-5-6-9-12-15-25(28)30-19-14-11-8-7-10-13-18-29-24-17-16-23(27)20-22(24)21-26/h16-17,20-21,27H,2-15,18-19H2,1H3. The van der Waals surface area contributed by atoms with Gasteiger partial charge < -0.3 is 14.6 Å². The van der Waals surface area contributed by atoms with Gasteiger partial charge in [-0.1, -0.05) is 71.1 Å². The van der Waals surface area contributed by atoms with E-state index < -0.39 is 0 Å². The lowest BCUT2D eigenvalue weighted by molar-refractivity contribution is -0.143. The SMILES string of the molecule is CCCCCCCCCC(=O)OCCCCCCCCOc1ccc(O)cc1C=O. The maximum absolute atomic E-state index is 11.7. The third kappa shape index (κ3) is 13.2. The molecule has 0 heterocycles. The van der Waals surface area contributed by atoms with Crippen LogP contribution in [0.25, 0.3) is 0 Å². The molecular weight excluding hydrogens is 380 g/mol. The quantitative estimate of drug-likeness (QED) is 0.155. The summed E-state index contributed by atoms with van der Waals surface area (Å²) < 4.78 is 10.9. The van der Waals surface area contributed by atoms with E-state index in [-0.39, 0.29) is 11.7 Å². The van der Waals surface area contributed by atoms with E-state index in [0.717, 1.165) is 51.4 Å². The van der Waals surface area contributed by atoms with Crippen LogP contribution in [0.3, 0.4) is 0 Å². The summed E-state index contributed by atoms with van der Waals surface area (Å²) in [6.07, 6.45) is 16.0. The van der Waals surface area contributed by atoms with E-state index in [1.165, 1.54) is 44.2 Å². The Morgan fingerprint density at radius 1 is 0.867 bits per heavy atom. The summed E-state index contributed by atoms with van der Waals surface area (Å²) in [6, 6.07) is 4.54. The lowest BCUT2D eigenvalue weighted by atomic mass is 10.1. The van der Waals surface area contributed by atoms with Gasteiger partial charge in [-0.05, 0) is 37.5 Å². The third-order valence-corrected chi connectivity index (χ3v) is 5.16. The lowest BCUT2D eigenvalue weighted by Crippen LogP contribution is -2.05. The van der Waals surface area contributed by atoms with Gasteiger partial charge >= 0.3 is 5.97 Å². The highest BCUT2D eigenvalue weighted by atomic mass is 16.5. The number of ether oxygens (including phenoxy) is 2. The number of carbonyl (C=O) groups excluding carboxylic acids is 2. The number of unbranched alkanes of at least 4 members (excludes halogenated alkanes) is 11. The monoisotopic (exact) mass is 420 g/mol. The summed E-state index contributed by atoms with van der Waals surface area (Å²) in [5.74, 6) is 0.527. The Bertz CT molecular complexity index is 585. The number of hydrogen-bond acceptors (Lipinski definition) is 5. The minimum Gasteiger partial charge on any atom is -0.508 e. The number of aldehydes is 1. The molecule has 5 nitrogen and oxygen atoms in total. The van der Waals surface area contributed by atoms with Crippen molar-refractivity contribution in [1.29, 1.82) is 0 Å². The van der Waals surface area contributed by atoms with Gasteiger partial charge in [0.2, 0.25) is 0 Å². The average Bonchev–Trinajstić information content (AvgIpc) is 2.75. The minimum absolute atomic E-state index is 0.0513. The van der Waals surface area contributed by atoms with Gasteiger partial charge in [-0.15, -0.1) is 0 Å². The maximum Gasteiger partial charge on any atom is 0.305 e. The van der Waals surface area contributed by atoms with Crippen LogP contribution in [0.1, 0.15) is 107 Å². The first-order chi connectivity index (χ1) is 14.7. The van der Waals surface area contributed by atoms with Crippen LogP contribution in [0.4, 0.5) is 0 Å². The Morgan fingerprint density at radius 3 is 2.13 bits per heavy atom. The van der Waals surface area contributed by atoms with Crippen LogP contribution in [0.2, 0.25) is 0 Å². The highest BCUT2D eigenvalue weighted by molar-refractivity contribution is 5.80. The normalized spacial score (nSPS) is 10.7. The zero-order valence-electron chi connectivity index (χ0n) is 18.7. The highest BCUT2D eigenvalue weighted by Crippen LogP contribution is 2.22. The zero-order valence-corrected chi connectivity index (χ0v) is 18.7. The largest absolute Gasteiger partial charge is 0.508 e. The summed E-state index contributed by atoms with van der Waals surface area (Å²) in [7, 11) is 0. The second-order valence-electron chi connectivity index (χ2n) is 7.90. The minimum atomic E-state index is -0.0513. The number of phenols is 1. The molecule has 170 valence electrons. The van der Waals surface area contributed by atoms with Gasteiger partial charge in [-0.2, -0.15) is 0 Å². The fourth-order valence-corrected chi connectivity index (χ4v) is 3.34. The number of carbonyl (C=O) groups is 2. The second-order valence-corrected chi connectivity index (χ2v) is 7.90. The Morgan fingerprint density at radius 2 is 1.47 bits per heavy atom. The van der Waals surface area contributed by atoms with Crippen LogP contribution < -0.4 is 4.74 Å². The summed E-state index contributed by atoms with van der Waals surface area (Å²) in [5.41, 5.74) is 0.372. The molecular formula is C25H40O5. The van der Waals surface area contributed by atoms with Crippen molar-refractivity contribution in [1.82, 2.24) is 0 Å². The first-order valence-electron chi connectivity index (χ1n) is 11.7. The molecule has 5 heteroatoms. The molecule has 1 rings (SSSR count). The Hall–Kier alpha value is -2.04. The molecule has 0 radical (unpaired) electrons. The number of rotatable bonds is 19. The third-order valence-electron chi connectivity index (χ3n) is 5.16. The fraction of sp³-hybridized carbons (Fsp3) is 0.680. The van der Waals surface area contributed by atoms with Gasteiger partial charge in [0.1, 0.15) is 11.5 Å². The fourth-order valence-electron chi connectivity index (χ4n) is 3.34. The molecule has 0 aliphatic rings. The predicted octanol–water partition coefficient (Wildman–Crippen LogP) is 6.61. The molecule has 0 aromatic heterocycles. The van der Waals surface area contributed by atoms with Crippen LogP contribution in [-0.4, -0.2) is 30.6 Å². The summed E-state index contributed by atoms with van der Waals surface area (Å²) in [4.78, 5) is 22.7. The highest BCUT2D eigenvalue weighted by Gasteiger charge is 2.04. The van der Waals surface area contributed by atoms with Crippen molar-refractivity contribution in [3.8, 4) is 11.5 Å². The van der Waals surface area contributed by atoms with E-state index >= 15 is 0 Å². The molecule has 0 spiro atoms. The molecule has 0 unspecified atom stereocenters. The van der Waals surface area contributed by atoms with Gasteiger partial charge in [0.15, 0.2) is 6.29 Å². The van der Waals surface area contributed by atoms with E-state index in [1.54, 1.807) is 6.07 Å². The average molecular weight is 421 g/mol. The smallest absolute Gasteiger partial charge is 0.305 e. The Labute approximate surface area is 182 Å². The van der Waals surface area contributed by atoms with Crippen LogP contribution in [0, 0.1) is 0 Å². The molecule has 1 N–H and O–H groups in total.